The highest BCUT2D eigenvalue weighted by molar-refractivity contribution is 7.98. The van der Waals surface area contributed by atoms with E-state index < -0.39 is 18.1 Å². The van der Waals surface area contributed by atoms with Gasteiger partial charge in [0.25, 0.3) is 0 Å². The first-order chi connectivity index (χ1) is 8.61. The molecular formula is C10H16N4O3S. The number of nitrogens with zero attached hydrogens (tertiary/aromatic N) is 1. The Labute approximate surface area is 109 Å². The van der Waals surface area contributed by atoms with Gasteiger partial charge in [-0.2, -0.15) is 4.90 Å². The van der Waals surface area contributed by atoms with E-state index in [4.69, 9.17) is 5.41 Å². The Morgan fingerprint density at radius 2 is 1.94 bits per heavy atom. The molecule has 2 saturated carbocycles. The Morgan fingerprint density at radius 3 is 2.44 bits per heavy atom. The van der Waals surface area contributed by atoms with Gasteiger partial charge in [0, 0.05) is 11.3 Å². The number of hydrogen-bond acceptors (Lipinski definition) is 5. The van der Waals surface area contributed by atoms with Gasteiger partial charge in [-0.1, -0.05) is 0 Å². The van der Waals surface area contributed by atoms with Crippen LogP contribution in [0.4, 0.5) is 9.59 Å². The maximum Gasteiger partial charge on any atom is 0.343 e. The van der Waals surface area contributed by atoms with Gasteiger partial charge in [-0.3, -0.25) is 10.1 Å². The lowest BCUT2D eigenvalue weighted by Crippen LogP contribution is -2.51. The number of urea groups is 2. The average molecular weight is 272 g/mol. The minimum absolute atomic E-state index is 0.119. The van der Waals surface area contributed by atoms with Crippen molar-refractivity contribution in [3.63, 3.8) is 0 Å². The maximum absolute atomic E-state index is 11.8. The lowest BCUT2D eigenvalue weighted by Gasteiger charge is -2.20. The van der Waals surface area contributed by atoms with Gasteiger partial charge in [-0.25, -0.2) is 9.59 Å². The summed E-state index contributed by atoms with van der Waals surface area (Å²) in [6.45, 7) is 0. The fourth-order valence-corrected chi connectivity index (χ4v) is 1.93. The van der Waals surface area contributed by atoms with Crippen LogP contribution in [0.5, 0.6) is 0 Å². The number of ether oxygens (including phenoxy) is 1. The molecule has 0 aromatic heterocycles. The van der Waals surface area contributed by atoms with E-state index in [-0.39, 0.29) is 6.04 Å². The minimum atomic E-state index is -0.642. The van der Waals surface area contributed by atoms with Gasteiger partial charge in [-0.05, 0) is 37.6 Å². The van der Waals surface area contributed by atoms with Crippen molar-refractivity contribution in [2.75, 3.05) is 7.11 Å². The Kier molecular flexibility index (Phi) is 3.95. The molecule has 18 heavy (non-hydrogen) atoms. The van der Waals surface area contributed by atoms with Crippen LogP contribution in [0.1, 0.15) is 25.7 Å². The summed E-state index contributed by atoms with van der Waals surface area (Å²) in [5.74, 6) is 0. The van der Waals surface area contributed by atoms with Gasteiger partial charge < -0.3 is 10.1 Å². The van der Waals surface area contributed by atoms with Crippen molar-refractivity contribution in [2.45, 2.75) is 37.0 Å². The Hall–Kier alpha value is -1.44. The molecule has 100 valence electrons. The number of rotatable bonds is 3. The van der Waals surface area contributed by atoms with Crippen LogP contribution in [0.25, 0.3) is 0 Å². The molecule has 2 fully saturated rings. The van der Waals surface area contributed by atoms with E-state index in [9.17, 15) is 9.59 Å². The van der Waals surface area contributed by atoms with Crippen LogP contribution in [0.2, 0.25) is 0 Å². The number of amides is 4. The molecule has 0 aromatic carbocycles. The third kappa shape index (κ3) is 3.52. The summed E-state index contributed by atoms with van der Waals surface area (Å²) < 4.78 is 7.21. The van der Waals surface area contributed by atoms with Crippen molar-refractivity contribution in [2.24, 2.45) is 0 Å². The van der Waals surface area contributed by atoms with E-state index in [0.29, 0.717) is 10.1 Å². The van der Waals surface area contributed by atoms with E-state index in [2.05, 4.69) is 14.8 Å². The molecule has 4 amide bonds. The fraction of sp³-hybridized carbons (Fsp3) is 0.700. The molecule has 2 aliphatic carbocycles. The second-order valence-electron chi connectivity index (χ2n) is 4.29. The standard InChI is InChI=1S/C10H16N4O3S/c1-17-8(11)14(9(15)12-6-2-3-6)10(16)13-18-7-4-5-7/h6-7,11H,2-5H2,1H3,(H,12,15)(H,13,16). The number of imide groups is 1. The van der Waals surface area contributed by atoms with Gasteiger partial charge in [0.05, 0.1) is 7.11 Å². The Balaban J connectivity index is 1.90. The van der Waals surface area contributed by atoms with E-state index in [1.54, 1.807) is 0 Å². The first kappa shape index (κ1) is 13.0. The Bertz CT molecular complexity index is 368. The zero-order valence-electron chi connectivity index (χ0n) is 10.1. The summed E-state index contributed by atoms with van der Waals surface area (Å²) in [6.07, 6.45) is 3.97. The second kappa shape index (κ2) is 5.47. The van der Waals surface area contributed by atoms with Crippen molar-refractivity contribution in [3.8, 4) is 0 Å². The van der Waals surface area contributed by atoms with Crippen molar-refractivity contribution >= 4 is 30.0 Å². The SMILES string of the molecule is COC(=N)N(C(=O)NSC1CC1)C(=O)NC1CC1. The molecule has 0 aromatic rings. The summed E-state index contributed by atoms with van der Waals surface area (Å²) in [5.41, 5.74) is 0. The number of hydrogen-bond donors (Lipinski definition) is 3. The normalized spacial score (nSPS) is 17.8. The highest BCUT2D eigenvalue weighted by Crippen LogP contribution is 2.31. The highest BCUT2D eigenvalue weighted by atomic mass is 32.2. The number of nitrogens with one attached hydrogen (secondary N) is 3. The lowest BCUT2D eigenvalue weighted by molar-refractivity contribution is 0.197. The van der Waals surface area contributed by atoms with E-state index >= 15 is 0 Å². The summed E-state index contributed by atoms with van der Waals surface area (Å²) in [6, 6.07) is -1.62. The summed E-state index contributed by atoms with van der Waals surface area (Å²) in [5, 5.41) is 10.6. The molecule has 0 heterocycles. The number of methoxy groups -OCH3 is 1. The highest BCUT2D eigenvalue weighted by Gasteiger charge is 2.33. The van der Waals surface area contributed by atoms with Crippen molar-refractivity contribution < 1.29 is 14.3 Å². The lowest BCUT2D eigenvalue weighted by atomic mass is 10.6. The molecular weight excluding hydrogens is 256 g/mol. The molecule has 2 aliphatic rings. The molecule has 0 aliphatic heterocycles. The molecule has 2 rings (SSSR count). The molecule has 0 spiro atoms. The monoisotopic (exact) mass is 272 g/mol. The van der Waals surface area contributed by atoms with Crippen LogP contribution in [-0.4, -0.2) is 41.4 Å². The van der Waals surface area contributed by atoms with Gasteiger partial charge in [-0.15, -0.1) is 0 Å². The van der Waals surface area contributed by atoms with Crippen LogP contribution in [0, 0.1) is 5.41 Å². The van der Waals surface area contributed by atoms with E-state index in [1.807, 2.05) is 0 Å². The third-order valence-electron chi connectivity index (χ3n) is 2.54. The van der Waals surface area contributed by atoms with Crippen LogP contribution < -0.4 is 10.0 Å². The van der Waals surface area contributed by atoms with Crippen molar-refractivity contribution in [1.82, 2.24) is 14.9 Å². The predicted octanol–water partition coefficient (Wildman–Crippen LogP) is 1.26. The van der Waals surface area contributed by atoms with Crippen LogP contribution >= 0.6 is 11.9 Å². The maximum atomic E-state index is 11.8. The molecule has 0 saturated heterocycles. The molecule has 0 radical (unpaired) electrons. The van der Waals surface area contributed by atoms with Crippen LogP contribution in [-0.2, 0) is 4.74 Å². The number of carbonyl (C=O) groups excluding carboxylic acids is 2. The second-order valence-corrected chi connectivity index (χ2v) is 5.40. The molecule has 0 bridgehead atoms. The third-order valence-corrected chi connectivity index (χ3v) is 3.64. The van der Waals surface area contributed by atoms with E-state index in [1.165, 1.54) is 19.1 Å². The first-order valence-corrected chi connectivity index (χ1v) is 6.68. The summed E-state index contributed by atoms with van der Waals surface area (Å²) in [4.78, 5) is 24.3. The van der Waals surface area contributed by atoms with Gasteiger partial charge >= 0.3 is 18.1 Å². The fourth-order valence-electron chi connectivity index (χ4n) is 1.20. The first-order valence-electron chi connectivity index (χ1n) is 5.80. The van der Waals surface area contributed by atoms with Crippen LogP contribution in [0.15, 0.2) is 0 Å². The molecule has 8 heteroatoms. The zero-order valence-corrected chi connectivity index (χ0v) is 10.9. The largest absolute Gasteiger partial charge is 0.468 e. The number of amidine groups is 1. The van der Waals surface area contributed by atoms with Gasteiger partial charge in [0.1, 0.15) is 0 Å². The smallest absolute Gasteiger partial charge is 0.343 e. The number of carbonyl (C=O) groups is 2. The summed E-state index contributed by atoms with van der Waals surface area (Å²) >= 11 is 1.29. The van der Waals surface area contributed by atoms with Gasteiger partial charge in [0.2, 0.25) is 0 Å². The molecule has 0 atom stereocenters. The minimum Gasteiger partial charge on any atom is -0.468 e. The quantitative estimate of drug-likeness (QED) is 0.409. The van der Waals surface area contributed by atoms with Crippen molar-refractivity contribution in [1.29, 1.82) is 5.41 Å². The molecule has 3 N–H and O–H groups in total. The molecule has 0 unspecified atom stereocenters. The van der Waals surface area contributed by atoms with Gasteiger partial charge in [0.15, 0.2) is 0 Å². The Morgan fingerprint density at radius 1 is 1.28 bits per heavy atom. The predicted molar refractivity (Wildman–Crippen MR) is 67.3 cm³/mol. The van der Waals surface area contributed by atoms with E-state index in [0.717, 1.165) is 25.7 Å². The molecule has 7 nitrogen and oxygen atoms in total. The zero-order chi connectivity index (χ0) is 13.1. The topological polar surface area (TPSA) is 94.5 Å². The van der Waals surface area contributed by atoms with Crippen LogP contribution in [0.3, 0.4) is 0 Å². The average Bonchev–Trinajstić information content (AvgIpc) is 3.20. The van der Waals surface area contributed by atoms with Crippen molar-refractivity contribution in [3.05, 3.63) is 0 Å². The summed E-state index contributed by atoms with van der Waals surface area (Å²) in [7, 11) is 1.25.